The van der Waals surface area contributed by atoms with E-state index < -0.39 is 0 Å². The lowest BCUT2D eigenvalue weighted by molar-refractivity contribution is 0.231. The summed E-state index contributed by atoms with van der Waals surface area (Å²) in [5.74, 6) is 0.112. The lowest BCUT2D eigenvalue weighted by Gasteiger charge is -2.20. The van der Waals surface area contributed by atoms with Crippen molar-refractivity contribution >= 4 is 6.03 Å². The molecule has 0 aliphatic heterocycles. The van der Waals surface area contributed by atoms with Crippen molar-refractivity contribution < 1.29 is 9.18 Å². The van der Waals surface area contributed by atoms with E-state index >= 15 is 0 Å². The van der Waals surface area contributed by atoms with Crippen LogP contribution in [0.3, 0.4) is 0 Å². The Labute approximate surface area is 108 Å². The quantitative estimate of drug-likeness (QED) is 0.848. The average Bonchev–Trinajstić information content (AvgIpc) is 2.29. The van der Waals surface area contributed by atoms with Crippen LogP contribution < -0.4 is 10.6 Å². The molecule has 0 saturated heterocycles. The molecule has 18 heavy (non-hydrogen) atoms. The van der Waals surface area contributed by atoms with Crippen LogP contribution in [0.2, 0.25) is 0 Å². The molecule has 100 valence electrons. The first-order valence-electron chi connectivity index (χ1n) is 6.22. The van der Waals surface area contributed by atoms with E-state index in [1.54, 1.807) is 12.1 Å². The first kappa shape index (κ1) is 14.5. The van der Waals surface area contributed by atoms with Gasteiger partial charge in [0.1, 0.15) is 5.82 Å². The van der Waals surface area contributed by atoms with E-state index in [0.717, 1.165) is 5.56 Å². The van der Waals surface area contributed by atoms with Crippen LogP contribution >= 0.6 is 0 Å². The summed E-state index contributed by atoms with van der Waals surface area (Å²) in [6, 6.07) is 5.89. The molecule has 1 aromatic rings. The molecule has 3 nitrogen and oxygen atoms in total. The average molecular weight is 252 g/mol. The van der Waals surface area contributed by atoms with Crippen molar-refractivity contribution in [2.24, 2.45) is 5.92 Å². The number of hydrogen-bond donors (Lipinski definition) is 2. The van der Waals surface area contributed by atoms with E-state index in [4.69, 9.17) is 0 Å². The van der Waals surface area contributed by atoms with Crippen molar-refractivity contribution in [1.29, 1.82) is 0 Å². The Morgan fingerprint density at radius 3 is 2.11 bits per heavy atom. The van der Waals surface area contributed by atoms with Gasteiger partial charge in [-0.1, -0.05) is 26.0 Å². The predicted octanol–water partition coefficient (Wildman–Crippen LogP) is 3.23. The largest absolute Gasteiger partial charge is 0.335 e. The van der Waals surface area contributed by atoms with Crippen molar-refractivity contribution in [1.82, 2.24) is 10.6 Å². The summed E-state index contributed by atoms with van der Waals surface area (Å²) < 4.78 is 12.8. The highest BCUT2D eigenvalue weighted by Crippen LogP contribution is 2.12. The smallest absolute Gasteiger partial charge is 0.315 e. The van der Waals surface area contributed by atoms with Crippen LogP contribution in [0.1, 0.15) is 39.3 Å². The standard InChI is InChI=1S/C14H21FN2O/c1-9(2)10(3)16-14(18)17-11(4)12-5-7-13(15)8-6-12/h5-11H,1-4H3,(H2,16,17,18). The Morgan fingerprint density at radius 2 is 1.61 bits per heavy atom. The van der Waals surface area contributed by atoms with Gasteiger partial charge in [-0.3, -0.25) is 0 Å². The molecule has 0 aliphatic rings. The lowest BCUT2D eigenvalue weighted by atomic mass is 10.1. The Bertz CT molecular complexity index is 389. The predicted molar refractivity (Wildman–Crippen MR) is 70.8 cm³/mol. The Hall–Kier alpha value is -1.58. The molecule has 1 aromatic carbocycles. The SMILES string of the molecule is CC(NC(=O)NC(C)C(C)C)c1ccc(F)cc1. The topological polar surface area (TPSA) is 41.1 Å². The van der Waals surface area contributed by atoms with E-state index in [1.807, 2.05) is 27.7 Å². The zero-order valence-electron chi connectivity index (χ0n) is 11.3. The van der Waals surface area contributed by atoms with Crippen LogP contribution in [-0.4, -0.2) is 12.1 Å². The van der Waals surface area contributed by atoms with E-state index in [-0.39, 0.29) is 23.9 Å². The molecule has 0 radical (unpaired) electrons. The van der Waals surface area contributed by atoms with Gasteiger partial charge < -0.3 is 10.6 Å². The molecular formula is C14H21FN2O. The van der Waals surface area contributed by atoms with Crippen molar-refractivity contribution in [3.05, 3.63) is 35.6 Å². The number of nitrogens with one attached hydrogen (secondary N) is 2. The van der Waals surface area contributed by atoms with Gasteiger partial charge in [0.05, 0.1) is 6.04 Å². The monoisotopic (exact) mass is 252 g/mol. The zero-order chi connectivity index (χ0) is 13.7. The van der Waals surface area contributed by atoms with Gasteiger partial charge in [0.2, 0.25) is 0 Å². The van der Waals surface area contributed by atoms with Crippen LogP contribution in [0.4, 0.5) is 9.18 Å². The minimum absolute atomic E-state index is 0.116. The highest BCUT2D eigenvalue weighted by atomic mass is 19.1. The minimum Gasteiger partial charge on any atom is -0.335 e. The van der Waals surface area contributed by atoms with E-state index in [9.17, 15) is 9.18 Å². The van der Waals surface area contributed by atoms with E-state index in [1.165, 1.54) is 12.1 Å². The fraction of sp³-hybridized carbons (Fsp3) is 0.500. The van der Waals surface area contributed by atoms with Gasteiger partial charge >= 0.3 is 6.03 Å². The molecule has 0 bridgehead atoms. The second-order valence-electron chi connectivity index (χ2n) is 4.92. The summed E-state index contributed by atoms with van der Waals surface area (Å²) in [4.78, 5) is 11.7. The number of benzene rings is 1. The molecule has 0 fully saturated rings. The molecule has 0 aromatic heterocycles. The summed E-state index contributed by atoms with van der Waals surface area (Å²) in [5, 5.41) is 5.70. The first-order valence-corrected chi connectivity index (χ1v) is 6.22. The third kappa shape index (κ3) is 4.35. The highest BCUT2D eigenvalue weighted by Gasteiger charge is 2.13. The van der Waals surface area contributed by atoms with E-state index in [0.29, 0.717) is 5.92 Å². The summed E-state index contributed by atoms with van der Waals surface area (Å²) in [5.41, 5.74) is 0.878. The summed E-state index contributed by atoms with van der Waals surface area (Å²) >= 11 is 0. The van der Waals surface area contributed by atoms with Crippen LogP contribution in [0.5, 0.6) is 0 Å². The number of urea groups is 1. The van der Waals surface area contributed by atoms with Crippen LogP contribution in [-0.2, 0) is 0 Å². The Morgan fingerprint density at radius 1 is 1.06 bits per heavy atom. The van der Waals surface area contributed by atoms with Crippen molar-refractivity contribution in [2.75, 3.05) is 0 Å². The van der Waals surface area contributed by atoms with Crippen molar-refractivity contribution in [3.8, 4) is 0 Å². The van der Waals surface area contributed by atoms with Gasteiger partial charge in [0.15, 0.2) is 0 Å². The third-order valence-electron chi connectivity index (χ3n) is 3.08. The number of amides is 2. The molecule has 0 aliphatic carbocycles. The van der Waals surface area contributed by atoms with E-state index in [2.05, 4.69) is 10.6 Å². The zero-order valence-corrected chi connectivity index (χ0v) is 11.3. The Balaban J connectivity index is 2.51. The van der Waals surface area contributed by atoms with Gasteiger partial charge in [-0.2, -0.15) is 0 Å². The maximum Gasteiger partial charge on any atom is 0.315 e. The first-order chi connectivity index (χ1) is 8.40. The van der Waals surface area contributed by atoms with Crippen LogP contribution in [0.25, 0.3) is 0 Å². The molecule has 4 heteroatoms. The molecule has 2 N–H and O–H groups in total. The maximum absolute atomic E-state index is 12.8. The number of hydrogen-bond acceptors (Lipinski definition) is 1. The second-order valence-corrected chi connectivity index (χ2v) is 4.92. The number of rotatable bonds is 4. The third-order valence-corrected chi connectivity index (χ3v) is 3.08. The van der Waals surface area contributed by atoms with Crippen LogP contribution in [0.15, 0.2) is 24.3 Å². The molecule has 1 rings (SSSR count). The fourth-order valence-electron chi connectivity index (χ4n) is 1.45. The molecule has 2 unspecified atom stereocenters. The fourth-order valence-corrected chi connectivity index (χ4v) is 1.45. The molecule has 0 spiro atoms. The van der Waals surface area contributed by atoms with Gasteiger partial charge in [0.25, 0.3) is 0 Å². The number of carbonyl (C=O) groups excluding carboxylic acids is 1. The summed E-state index contributed by atoms with van der Waals surface area (Å²) in [6.45, 7) is 7.93. The number of carbonyl (C=O) groups is 1. The van der Waals surface area contributed by atoms with Gasteiger partial charge in [-0.15, -0.1) is 0 Å². The summed E-state index contributed by atoms with van der Waals surface area (Å²) in [6.07, 6.45) is 0. The molecule has 0 saturated carbocycles. The number of halogens is 1. The molecule has 2 amide bonds. The van der Waals surface area contributed by atoms with Gasteiger partial charge in [-0.05, 0) is 37.5 Å². The van der Waals surface area contributed by atoms with Crippen LogP contribution in [0, 0.1) is 11.7 Å². The molecular weight excluding hydrogens is 231 g/mol. The molecule has 2 atom stereocenters. The molecule has 0 heterocycles. The van der Waals surface area contributed by atoms with Crippen molar-refractivity contribution in [3.63, 3.8) is 0 Å². The van der Waals surface area contributed by atoms with Gasteiger partial charge in [0, 0.05) is 6.04 Å². The van der Waals surface area contributed by atoms with Gasteiger partial charge in [-0.25, -0.2) is 9.18 Å². The summed E-state index contributed by atoms with van der Waals surface area (Å²) in [7, 11) is 0. The Kier molecular flexibility index (Phi) is 5.13. The second kappa shape index (κ2) is 6.38. The van der Waals surface area contributed by atoms with Crippen molar-refractivity contribution in [2.45, 2.75) is 39.8 Å². The normalized spacial score (nSPS) is 14.1. The maximum atomic E-state index is 12.8. The minimum atomic E-state index is -0.274. The lowest BCUT2D eigenvalue weighted by Crippen LogP contribution is -2.43. The highest BCUT2D eigenvalue weighted by molar-refractivity contribution is 5.74.